The number of hydrogen-bond acceptors (Lipinski definition) is 1. The van der Waals surface area contributed by atoms with Crippen LogP contribution in [0.2, 0.25) is 0 Å². The lowest BCUT2D eigenvalue weighted by Gasteiger charge is -1.93. The molecule has 2 heteroatoms. The number of carbonyl (C=O) groups is 1. The van der Waals surface area contributed by atoms with Crippen LogP contribution in [-0.2, 0) is 0 Å². The summed E-state index contributed by atoms with van der Waals surface area (Å²) in [6.07, 6.45) is 4.93. The first-order valence-electron chi connectivity index (χ1n) is 3.54. The lowest BCUT2D eigenvalue weighted by molar-refractivity contribution is 0.0697. The second-order valence-corrected chi connectivity index (χ2v) is 2.28. The minimum Gasteiger partial charge on any atom is -0.478 e. The van der Waals surface area contributed by atoms with E-state index in [1.165, 1.54) is 12.1 Å². The van der Waals surface area contributed by atoms with E-state index in [1.807, 2.05) is 0 Å². The quantitative estimate of drug-likeness (QED) is 0.646. The molecule has 0 saturated heterocycles. The highest BCUT2D eigenvalue weighted by Gasteiger charge is 2.00. The molecule has 1 N–H and O–H groups in total. The maximum Gasteiger partial charge on any atom is 0.335 e. The predicted octanol–water partition coefficient (Wildman–Crippen LogP) is 1.37. The first-order valence-corrected chi connectivity index (χ1v) is 3.54. The monoisotopic (exact) mass is 170 g/mol. The SMILES string of the molecule is C#CC#Cc1cccc(C(=O)O)c1. The van der Waals surface area contributed by atoms with Gasteiger partial charge in [-0.3, -0.25) is 0 Å². The van der Waals surface area contributed by atoms with Gasteiger partial charge in [-0.05, 0) is 30.0 Å². The fourth-order valence-corrected chi connectivity index (χ4v) is 0.838. The molecule has 0 saturated carbocycles. The summed E-state index contributed by atoms with van der Waals surface area (Å²) in [4.78, 5) is 10.5. The zero-order valence-corrected chi connectivity index (χ0v) is 6.74. The van der Waals surface area contributed by atoms with Crippen molar-refractivity contribution < 1.29 is 9.90 Å². The van der Waals surface area contributed by atoms with Crippen molar-refractivity contribution in [2.45, 2.75) is 0 Å². The Morgan fingerprint density at radius 2 is 2.23 bits per heavy atom. The van der Waals surface area contributed by atoms with Gasteiger partial charge >= 0.3 is 5.97 Å². The summed E-state index contributed by atoms with van der Waals surface area (Å²) < 4.78 is 0. The molecule has 0 unspecified atom stereocenters. The molecule has 62 valence electrons. The smallest absolute Gasteiger partial charge is 0.335 e. The van der Waals surface area contributed by atoms with Crippen LogP contribution in [0.25, 0.3) is 0 Å². The zero-order chi connectivity index (χ0) is 9.68. The van der Waals surface area contributed by atoms with Gasteiger partial charge in [-0.1, -0.05) is 12.0 Å². The number of rotatable bonds is 1. The number of aromatic carboxylic acids is 1. The van der Waals surface area contributed by atoms with Crippen LogP contribution in [0.3, 0.4) is 0 Å². The predicted molar refractivity (Wildman–Crippen MR) is 49.1 cm³/mol. The van der Waals surface area contributed by atoms with Crippen LogP contribution < -0.4 is 0 Å². The van der Waals surface area contributed by atoms with Gasteiger partial charge in [0.2, 0.25) is 0 Å². The summed E-state index contributed by atoms with van der Waals surface area (Å²) in [5.74, 6) is 6.24. The molecule has 1 rings (SSSR count). The standard InChI is InChI=1S/C11H6O2/c1-2-3-5-9-6-4-7-10(8-9)11(12)13/h1,4,6-8H,(H,12,13). The van der Waals surface area contributed by atoms with Crippen LogP contribution in [0.1, 0.15) is 15.9 Å². The van der Waals surface area contributed by atoms with Gasteiger partial charge < -0.3 is 5.11 Å². The van der Waals surface area contributed by atoms with E-state index in [0.717, 1.165) is 0 Å². The topological polar surface area (TPSA) is 37.3 Å². The van der Waals surface area contributed by atoms with Crippen molar-refractivity contribution in [3.8, 4) is 24.2 Å². The summed E-state index contributed by atoms with van der Waals surface area (Å²) in [5.41, 5.74) is 0.821. The highest BCUT2D eigenvalue weighted by atomic mass is 16.4. The molecule has 0 radical (unpaired) electrons. The minimum atomic E-state index is -0.968. The molecule has 0 amide bonds. The highest BCUT2D eigenvalue weighted by Crippen LogP contribution is 2.03. The van der Waals surface area contributed by atoms with Crippen molar-refractivity contribution in [1.82, 2.24) is 0 Å². The molecule has 0 atom stereocenters. The highest BCUT2D eigenvalue weighted by molar-refractivity contribution is 5.88. The van der Waals surface area contributed by atoms with Crippen molar-refractivity contribution >= 4 is 5.97 Å². The number of benzene rings is 1. The van der Waals surface area contributed by atoms with Crippen molar-refractivity contribution in [2.24, 2.45) is 0 Å². The van der Waals surface area contributed by atoms with Gasteiger partial charge in [-0.2, -0.15) is 0 Å². The van der Waals surface area contributed by atoms with Gasteiger partial charge in [0.25, 0.3) is 0 Å². The molecule has 2 nitrogen and oxygen atoms in total. The second-order valence-electron chi connectivity index (χ2n) is 2.28. The minimum absolute atomic E-state index is 0.212. The summed E-state index contributed by atoms with van der Waals surface area (Å²) in [6.45, 7) is 0. The second kappa shape index (κ2) is 3.99. The Morgan fingerprint density at radius 3 is 2.85 bits per heavy atom. The molecule has 0 heterocycles. The molecule has 1 aromatic rings. The fourth-order valence-electron chi connectivity index (χ4n) is 0.838. The molecule has 0 spiro atoms. The normalized spacial score (nSPS) is 7.92. The Labute approximate surface area is 76.2 Å². The molecule has 1 aromatic carbocycles. The van der Waals surface area contributed by atoms with E-state index >= 15 is 0 Å². The van der Waals surface area contributed by atoms with E-state index in [4.69, 9.17) is 11.5 Å². The van der Waals surface area contributed by atoms with Crippen molar-refractivity contribution in [1.29, 1.82) is 0 Å². The molecule has 13 heavy (non-hydrogen) atoms. The Balaban J connectivity index is 3.07. The Kier molecular flexibility index (Phi) is 2.73. The number of carboxylic acid groups (broad SMARTS) is 1. The molecule has 0 bridgehead atoms. The van der Waals surface area contributed by atoms with Gasteiger partial charge in [-0.15, -0.1) is 6.42 Å². The maximum atomic E-state index is 10.5. The van der Waals surface area contributed by atoms with Gasteiger partial charge in [0.05, 0.1) is 5.56 Å². The fraction of sp³-hybridized carbons (Fsp3) is 0. The van der Waals surface area contributed by atoms with Crippen molar-refractivity contribution in [3.05, 3.63) is 35.4 Å². The van der Waals surface area contributed by atoms with Crippen LogP contribution in [0.4, 0.5) is 0 Å². The van der Waals surface area contributed by atoms with Gasteiger partial charge in [0.1, 0.15) is 0 Å². The van der Waals surface area contributed by atoms with E-state index in [2.05, 4.69) is 17.8 Å². The van der Waals surface area contributed by atoms with E-state index in [1.54, 1.807) is 12.1 Å². The Hall–Kier alpha value is -2.19. The van der Waals surface area contributed by atoms with E-state index < -0.39 is 5.97 Å². The molecular formula is C11H6O2. The zero-order valence-electron chi connectivity index (χ0n) is 6.74. The molecule has 0 aliphatic rings. The van der Waals surface area contributed by atoms with Crippen molar-refractivity contribution in [2.75, 3.05) is 0 Å². The third-order valence-electron chi connectivity index (χ3n) is 1.39. The van der Waals surface area contributed by atoms with Crippen LogP contribution in [-0.4, -0.2) is 11.1 Å². The molecular weight excluding hydrogens is 164 g/mol. The Morgan fingerprint density at radius 1 is 1.46 bits per heavy atom. The van der Waals surface area contributed by atoms with Crippen LogP contribution in [0.5, 0.6) is 0 Å². The first-order chi connectivity index (χ1) is 6.24. The van der Waals surface area contributed by atoms with E-state index in [9.17, 15) is 4.79 Å². The average Bonchev–Trinajstić information content (AvgIpc) is 2.15. The average molecular weight is 170 g/mol. The van der Waals surface area contributed by atoms with Crippen LogP contribution in [0, 0.1) is 24.2 Å². The number of carboxylic acids is 1. The molecule has 0 aliphatic heterocycles. The summed E-state index contributed by atoms with van der Waals surface area (Å²) in [7, 11) is 0. The first kappa shape index (κ1) is 8.90. The largest absolute Gasteiger partial charge is 0.478 e. The molecule has 0 aliphatic carbocycles. The summed E-state index contributed by atoms with van der Waals surface area (Å²) in [5, 5.41) is 8.65. The molecule has 0 fully saturated rings. The van der Waals surface area contributed by atoms with E-state index in [0.29, 0.717) is 5.56 Å². The Bertz CT molecular complexity index is 427. The number of hydrogen-bond donors (Lipinski definition) is 1. The lowest BCUT2D eigenvalue weighted by atomic mass is 10.1. The van der Waals surface area contributed by atoms with E-state index in [-0.39, 0.29) is 5.56 Å². The summed E-state index contributed by atoms with van der Waals surface area (Å²) in [6, 6.07) is 6.32. The molecule has 0 aromatic heterocycles. The maximum absolute atomic E-state index is 10.5. The van der Waals surface area contributed by atoms with Gasteiger partial charge in [-0.25, -0.2) is 4.79 Å². The third-order valence-corrected chi connectivity index (χ3v) is 1.39. The number of terminal acetylenes is 1. The van der Waals surface area contributed by atoms with Crippen molar-refractivity contribution in [3.63, 3.8) is 0 Å². The van der Waals surface area contributed by atoms with Gasteiger partial charge in [0, 0.05) is 5.56 Å². The van der Waals surface area contributed by atoms with Crippen LogP contribution in [0.15, 0.2) is 24.3 Å². The van der Waals surface area contributed by atoms with Crippen LogP contribution >= 0.6 is 0 Å². The van der Waals surface area contributed by atoms with Gasteiger partial charge in [0.15, 0.2) is 0 Å². The third kappa shape index (κ3) is 2.39. The summed E-state index contributed by atoms with van der Waals surface area (Å²) >= 11 is 0. The lowest BCUT2D eigenvalue weighted by Crippen LogP contribution is -1.95.